The highest BCUT2D eigenvalue weighted by molar-refractivity contribution is 7.03. The summed E-state index contributed by atoms with van der Waals surface area (Å²) in [7, 11) is 0. The molecule has 0 spiro atoms. The second kappa shape index (κ2) is 22.2. The number of rotatable bonds is 9. The van der Waals surface area contributed by atoms with Crippen molar-refractivity contribution in [2.45, 2.75) is 59.3 Å². The van der Waals surface area contributed by atoms with Gasteiger partial charge in [-0.2, -0.15) is 0 Å². The van der Waals surface area contributed by atoms with Crippen molar-refractivity contribution in [1.82, 2.24) is 0 Å². The van der Waals surface area contributed by atoms with Crippen molar-refractivity contribution in [3.05, 3.63) is 320 Å². The zero-order valence-electron chi connectivity index (χ0n) is 56.7. The smallest absolute Gasteiger partial charge is 0.252 e. The van der Waals surface area contributed by atoms with Crippen LogP contribution in [-0.2, 0) is 10.8 Å². The van der Waals surface area contributed by atoms with Gasteiger partial charge in [-0.15, -0.1) is 0 Å². The molecule has 1 aromatic heterocycles. The Balaban J connectivity index is 0.973. The van der Waals surface area contributed by atoms with E-state index in [4.69, 9.17) is 4.42 Å². The van der Waals surface area contributed by atoms with Gasteiger partial charge in [-0.25, -0.2) is 0 Å². The van der Waals surface area contributed by atoms with Crippen molar-refractivity contribution in [3.63, 3.8) is 0 Å². The number of aryl methyl sites for hydroxylation is 1. The van der Waals surface area contributed by atoms with Gasteiger partial charge in [0.25, 0.3) is 13.4 Å². The van der Waals surface area contributed by atoms with E-state index in [2.05, 4.69) is 376 Å². The van der Waals surface area contributed by atoms with Crippen molar-refractivity contribution in [1.29, 1.82) is 0 Å². The zero-order chi connectivity index (χ0) is 66.6. The molecule has 0 saturated heterocycles. The molecule has 6 nitrogen and oxygen atoms in total. The lowest BCUT2D eigenvalue weighted by molar-refractivity contribution is 0.590. The number of hydrogen-bond acceptors (Lipinski definition) is 6. The molecule has 14 aromatic rings. The molecular formula is C91H71B2N5O. The fraction of sp³-hybridized carbons (Fsp3) is 0.0989. The van der Waals surface area contributed by atoms with E-state index in [0.29, 0.717) is 0 Å². The fourth-order valence-corrected chi connectivity index (χ4v) is 16.7. The van der Waals surface area contributed by atoms with E-state index in [1.54, 1.807) is 0 Å². The van der Waals surface area contributed by atoms with Gasteiger partial charge in [-0.3, -0.25) is 0 Å². The number of benzene rings is 13. The highest BCUT2D eigenvalue weighted by Crippen LogP contribution is 2.64. The van der Waals surface area contributed by atoms with Crippen LogP contribution in [0.2, 0.25) is 0 Å². The Kier molecular flexibility index (Phi) is 13.1. The van der Waals surface area contributed by atoms with Gasteiger partial charge in [-0.1, -0.05) is 260 Å². The highest BCUT2D eigenvalue weighted by atomic mass is 16.3. The number of anilines is 15. The molecule has 5 aliphatic rings. The monoisotopic (exact) mass is 1270 g/mol. The molecule has 0 fully saturated rings. The number of para-hydroxylation sites is 2. The average Bonchev–Trinajstić information content (AvgIpc) is 1.64. The summed E-state index contributed by atoms with van der Waals surface area (Å²) in [6, 6.07) is 114. The van der Waals surface area contributed by atoms with Crippen LogP contribution in [0.5, 0.6) is 0 Å². The average molecular weight is 1270 g/mol. The summed E-state index contributed by atoms with van der Waals surface area (Å²) in [6.07, 6.45) is 0. The van der Waals surface area contributed by atoms with Gasteiger partial charge >= 0.3 is 0 Å². The van der Waals surface area contributed by atoms with E-state index in [1.165, 1.54) is 77.5 Å². The Bertz CT molecular complexity index is 5500. The summed E-state index contributed by atoms with van der Waals surface area (Å²) in [6.45, 7) is 15.7. The van der Waals surface area contributed by atoms with Crippen LogP contribution in [0, 0.1) is 6.92 Å². The molecule has 6 heterocycles. The summed E-state index contributed by atoms with van der Waals surface area (Å²) in [5.74, 6) is 1.60. The molecule has 13 aromatic carbocycles. The number of hydrogen-bond donors (Lipinski definition) is 0. The Morgan fingerprint density at radius 3 is 1.12 bits per heavy atom. The topological polar surface area (TPSA) is 29.3 Å². The normalized spacial score (nSPS) is 13.5. The lowest BCUT2D eigenvalue weighted by Crippen LogP contribution is -2.65. The Labute approximate surface area is 581 Å². The second-order valence-corrected chi connectivity index (χ2v) is 29.3. The van der Waals surface area contributed by atoms with E-state index < -0.39 is 0 Å². The first-order chi connectivity index (χ1) is 48.3. The first-order valence-corrected chi connectivity index (χ1v) is 34.8. The lowest BCUT2D eigenvalue weighted by Gasteiger charge is -2.51. The number of fused-ring (bicyclic) bond motifs is 11. The minimum absolute atomic E-state index is 0.0196. The third-order valence-corrected chi connectivity index (χ3v) is 21.2. The van der Waals surface area contributed by atoms with Crippen LogP contribution in [0.4, 0.5) is 85.3 Å². The quantitative estimate of drug-likeness (QED) is 0.134. The molecule has 472 valence electrons. The Hall–Kier alpha value is -11.7. The van der Waals surface area contributed by atoms with Crippen LogP contribution < -0.4 is 57.3 Å². The van der Waals surface area contributed by atoms with Gasteiger partial charge in [-0.05, 0) is 174 Å². The zero-order valence-corrected chi connectivity index (χ0v) is 56.7. The van der Waals surface area contributed by atoms with E-state index in [-0.39, 0.29) is 24.3 Å². The minimum Gasteiger partial charge on any atom is -0.452 e. The van der Waals surface area contributed by atoms with Crippen molar-refractivity contribution in [3.8, 4) is 44.9 Å². The van der Waals surface area contributed by atoms with E-state index >= 15 is 0 Å². The van der Waals surface area contributed by atoms with Crippen molar-refractivity contribution >= 4 is 132 Å². The summed E-state index contributed by atoms with van der Waals surface area (Å²) in [4.78, 5) is 12.9. The molecule has 0 unspecified atom stereocenters. The maximum absolute atomic E-state index is 7.91. The SMILES string of the molecule is Cc1cc2c3c(c1)N1c4c(ccc5c4N(c4cc(N(c6ccccc6)c6ccccc6)cc6c4B5c4ccc(-c5ccccc5)cc4N6c4ccc(C(C)(C)C)cc4)c4c(-c5ccccc5)oc(-c5ccccc5)c41)B3c1cc(-c3ccccc3)ccc1N2c1ccc(C(C)(C)C)cc1. The first-order valence-electron chi connectivity index (χ1n) is 34.8. The Morgan fingerprint density at radius 2 is 0.657 bits per heavy atom. The van der Waals surface area contributed by atoms with Crippen LogP contribution in [-0.4, -0.2) is 13.4 Å². The standard InChI is InChI=1S/C91H71B2N5O/c1-58-52-78-82-79(53-58)97-85-74(93(82)75-54-63(59-26-14-8-15-27-59)39-51-76(75)95(78)69-44-40-65(41-45-69)90(2,3)4)50-49-73-84(85)98(87-86(97)88(61-30-18-10-19-31-61)99-89(87)62-32-20-11-21-33-62)81-57-71(94(67-34-22-12-23-35-67)68-36-24-13-25-37-68)56-80-83(81)92(73)72-48-38-64(60-28-16-9-17-29-60)55-77(72)96(80)70-46-42-66(43-47-70)91(5,6)7/h8-57H,1-7H3. The third kappa shape index (κ3) is 9.11. The largest absolute Gasteiger partial charge is 0.452 e. The van der Waals surface area contributed by atoms with E-state index in [9.17, 15) is 0 Å². The molecule has 0 amide bonds. The lowest BCUT2D eigenvalue weighted by atomic mass is 9.30. The third-order valence-electron chi connectivity index (χ3n) is 21.2. The molecule has 99 heavy (non-hydrogen) atoms. The predicted molar refractivity (Wildman–Crippen MR) is 419 cm³/mol. The molecule has 0 N–H and O–H groups in total. The Morgan fingerprint density at radius 1 is 0.283 bits per heavy atom. The van der Waals surface area contributed by atoms with Crippen LogP contribution in [0.25, 0.3) is 44.9 Å². The molecule has 0 radical (unpaired) electrons. The number of furan rings is 1. The molecule has 8 heteroatoms. The maximum Gasteiger partial charge on any atom is 0.252 e. The van der Waals surface area contributed by atoms with E-state index in [1.807, 2.05) is 0 Å². The molecule has 0 saturated carbocycles. The first kappa shape index (κ1) is 58.6. The van der Waals surface area contributed by atoms with Crippen LogP contribution in [0.1, 0.15) is 58.2 Å². The van der Waals surface area contributed by atoms with Crippen LogP contribution in [0.3, 0.4) is 0 Å². The van der Waals surface area contributed by atoms with Crippen LogP contribution in [0.15, 0.2) is 308 Å². The predicted octanol–water partition coefficient (Wildman–Crippen LogP) is 20.8. The van der Waals surface area contributed by atoms with Gasteiger partial charge in [0, 0.05) is 68.0 Å². The minimum atomic E-state index is -0.221. The van der Waals surface area contributed by atoms with Gasteiger partial charge in [0.15, 0.2) is 11.5 Å². The molecule has 19 rings (SSSR count). The van der Waals surface area contributed by atoms with Crippen molar-refractivity contribution in [2.75, 3.05) is 24.5 Å². The van der Waals surface area contributed by atoms with Gasteiger partial charge < -0.3 is 28.9 Å². The van der Waals surface area contributed by atoms with Gasteiger partial charge in [0.1, 0.15) is 11.4 Å². The molecule has 0 aliphatic carbocycles. The van der Waals surface area contributed by atoms with Gasteiger partial charge in [0.05, 0.1) is 17.1 Å². The summed E-state index contributed by atoms with van der Waals surface area (Å²) >= 11 is 0. The van der Waals surface area contributed by atoms with Crippen molar-refractivity contribution < 1.29 is 4.42 Å². The highest BCUT2D eigenvalue weighted by Gasteiger charge is 2.54. The molecule has 5 aliphatic heterocycles. The van der Waals surface area contributed by atoms with Gasteiger partial charge in [0.2, 0.25) is 0 Å². The van der Waals surface area contributed by atoms with Crippen molar-refractivity contribution in [2.24, 2.45) is 0 Å². The van der Waals surface area contributed by atoms with Crippen LogP contribution >= 0.6 is 0 Å². The maximum atomic E-state index is 7.91. The fourth-order valence-electron chi connectivity index (χ4n) is 16.7. The molecule has 0 bridgehead atoms. The summed E-state index contributed by atoms with van der Waals surface area (Å²) in [5, 5.41) is 0. The summed E-state index contributed by atoms with van der Waals surface area (Å²) < 4.78 is 7.91. The molecular weight excluding hydrogens is 1200 g/mol. The van der Waals surface area contributed by atoms with E-state index in [0.717, 1.165) is 102 Å². The second-order valence-electron chi connectivity index (χ2n) is 29.3. The summed E-state index contributed by atoms with van der Waals surface area (Å²) in [5.41, 5.74) is 34.3. The molecule has 0 atom stereocenters. The number of nitrogens with zero attached hydrogens (tertiary/aromatic N) is 5.